The summed E-state index contributed by atoms with van der Waals surface area (Å²) in [6.07, 6.45) is 0. The standard InChI is InChI=1S/C5H6FNO.C2H6/c1-4-2-5(3-6)8-7-4;1-2/h2H,3H2,1H3;1-2H3. The van der Waals surface area contributed by atoms with Gasteiger partial charge in [0.15, 0.2) is 5.76 Å². The SMILES string of the molecule is CC.Cc1cc(CF)on1. The second-order valence-corrected chi connectivity index (χ2v) is 1.57. The fourth-order valence-electron chi connectivity index (χ4n) is 0.479. The monoisotopic (exact) mass is 145 g/mol. The highest BCUT2D eigenvalue weighted by atomic mass is 19.1. The second-order valence-electron chi connectivity index (χ2n) is 1.57. The van der Waals surface area contributed by atoms with Crippen LogP contribution in [0.15, 0.2) is 10.6 Å². The molecule has 0 saturated carbocycles. The average Bonchev–Trinajstić information content (AvgIpc) is 2.40. The molecule has 0 fully saturated rings. The Morgan fingerprint density at radius 3 is 2.40 bits per heavy atom. The maximum Gasteiger partial charge on any atom is 0.167 e. The van der Waals surface area contributed by atoms with Crippen LogP contribution in [0.1, 0.15) is 25.3 Å². The van der Waals surface area contributed by atoms with E-state index in [0.29, 0.717) is 5.76 Å². The third kappa shape index (κ3) is 2.62. The highest BCUT2D eigenvalue weighted by Crippen LogP contribution is 2.01. The first-order chi connectivity index (χ1) is 4.83. The van der Waals surface area contributed by atoms with Crippen molar-refractivity contribution < 1.29 is 8.91 Å². The summed E-state index contributed by atoms with van der Waals surface area (Å²) in [5.41, 5.74) is 0.720. The summed E-state index contributed by atoms with van der Waals surface area (Å²) >= 11 is 0. The lowest BCUT2D eigenvalue weighted by Gasteiger charge is -1.73. The molecule has 0 spiro atoms. The largest absolute Gasteiger partial charge is 0.358 e. The van der Waals surface area contributed by atoms with Crippen LogP contribution in [0.3, 0.4) is 0 Å². The summed E-state index contributed by atoms with van der Waals surface area (Å²) in [7, 11) is 0. The number of aryl methyl sites for hydroxylation is 1. The fraction of sp³-hybridized carbons (Fsp3) is 0.571. The summed E-state index contributed by atoms with van der Waals surface area (Å²) in [5.74, 6) is 0.294. The molecule has 0 aromatic carbocycles. The molecular weight excluding hydrogens is 133 g/mol. The van der Waals surface area contributed by atoms with Gasteiger partial charge < -0.3 is 4.52 Å². The van der Waals surface area contributed by atoms with E-state index in [4.69, 9.17) is 0 Å². The van der Waals surface area contributed by atoms with E-state index in [1.54, 1.807) is 13.0 Å². The third-order valence-electron chi connectivity index (χ3n) is 0.808. The van der Waals surface area contributed by atoms with E-state index in [9.17, 15) is 4.39 Å². The molecule has 58 valence electrons. The Bertz CT molecular complexity index is 174. The van der Waals surface area contributed by atoms with Crippen molar-refractivity contribution >= 4 is 0 Å². The molecule has 0 aliphatic carbocycles. The van der Waals surface area contributed by atoms with Gasteiger partial charge in [0.25, 0.3) is 0 Å². The summed E-state index contributed by atoms with van der Waals surface area (Å²) in [4.78, 5) is 0. The molecule has 0 aliphatic heterocycles. The minimum atomic E-state index is -0.569. The van der Waals surface area contributed by atoms with Crippen LogP contribution in [0.2, 0.25) is 0 Å². The van der Waals surface area contributed by atoms with E-state index < -0.39 is 6.67 Å². The minimum Gasteiger partial charge on any atom is -0.358 e. The Morgan fingerprint density at radius 2 is 2.20 bits per heavy atom. The molecule has 3 heteroatoms. The Balaban J connectivity index is 0.000000371. The van der Waals surface area contributed by atoms with Crippen molar-refractivity contribution in [3.8, 4) is 0 Å². The summed E-state index contributed by atoms with van der Waals surface area (Å²) in [6.45, 7) is 5.18. The molecule has 1 heterocycles. The number of hydrogen-bond donors (Lipinski definition) is 0. The van der Waals surface area contributed by atoms with Crippen molar-refractivity contribution in [3.63, 3.8) is 0 Å². The van der Waals surface area contributed by atoms with Crippen molar-refractivity contribution in [2.24, 2.45) is 0 Å². The molecule has 1 aromatic heterocycles. The zero-order valence-electron chi connectivity index (χ0n) is 6.52. The van der Waals surface area contributed by atoms with E-state index in [2.05, 4.69) is 9.68 Å². The first-order valence-electron chi connectivity index (χ1n) is 3.31. The van der Waals surface area contributed by atoms with Gasteiger partial charge in [0.1, 0.15) is 6.67 Å². The number of halogens is 1. The summed E-state index contributed by atoms with van der Waals surface area (Å²) in [5, 5.41) is 3.47. The van der Waals surface area contributed by atoms with Gasteiger partial charge >= 0.3 is 0 Å². The molecule has 0 amide bonds. The van der Waals surface area contributed by atoms with Crippen LogP contribution in [0, 0.1) is 6.92 Å². The van der Waals surface area contributed by atoms with Gasteiger partial charge in [0.2, 0.25) is 0 Å². The maximum atomic E-state index is 11.6. The molecule has 0 unspecified atom stereocenters. The molecule has 0 bridgehead atoms. The van der Waals surface area contributed by atoms with Gasteiger partial charge in [0.05, 0.1) is 5.69 Å². The van der Waals surface area contributed by atoms with Crippen LogP contribution in [-0.2, 0) is 6.67 Å². The zero-order chi connectivity index (χ0) is 7.98. The normalized spacial score (nSPS) is 8.40. The zero-order valence-corrected chi connectivity index (χ0v) is 6.52. The molecule has 0 radical (unpaired) electrons. The first kappa shape index (κ1) is 9.14. The Kier molecular flexibility index (Phi) is 4.54. The molecule has 0 N–H and O–H groups in total. The van der Waals surface area contributed by atoms with Gasteiger partial charge in [-0.1, -0.05) is 19.0 Å². The van der Waals surface area contributed by atoms with Crippen LogP contribution in [0.5, 0.6) is 0 Å². The molecule has 1 rings (SSSR count). The van der Waals surface area contributed by atoms with Crippen molar-refractivity contribution in [3.05, 3.63) is 17.5 Å². The van der Waals surface area contributed by atoms with Gasteiger partial charge in [-0.2, -0.15) is 0 Å². The van der Waals surface area contributed by atoms with Gasteiger partial charge in [-0.3, -0.25) is 0 Å². The fourth-order valence-corrected chi connectivity index (χ4v) is 0.479. The lowest BCUT2D eigenvalue weighted by Crippen LogP contribution is -1.65. The summed E-state index contributed by atoms with van der Waals surface area (Å²) in [6, 6.07) is 1.57. The van der Waals surface area contributed by atoms with Gasteiger partial charge in [-0.05, 0) is 6.92 Å². The Labute approximate surface area is 60.0 Å². The molecule has 0 aliphatic rings. The van der Waals surface area contributed by atoms with Crippen molar-refractivity contribution in [2.75, 3.05) is 0 Å². The van der Waals surface area contributed by atoms with Crippen molar-refractivity contribution in [2.45, 2.75) is 27.4 Å². The lowest BCUT2D eigenvalue weighted by molar-refractivity contribution is 0.328. The van der Waals surface area contributed by atoms with E-state index in [1.807, 2.05) is 13.8 Å². The van der Waals surface area contributed by atoms with E-state index in [-0.39, 0.29) is 0 Å². The topological polar surface area (TPSA) is 26.0 Å². The predicted molar refractivity (Wildman–Crippen MR) is 37.4 cm³/mol. The molecule has 0 atom stereocenters. The highest BCUT2D eigenvalue weighted by Gasteiger charge is 1.95. The lowest BCUT2D eigenvalue weighted by atomic mass is 10.4. The van der Waals surface area contributed by atoms with Crippen LogP contribution < -0.4 is 0 Å². The molecule has 10 heavy (non-hydrogen) atoms. The Hall–Kier alpha value is -0.860. The number of nitrogens with zero attached hydrogens (tertiary/aromatic N) is 1. The molecule has 1 aromatic rings. The van der Waals surface area contributed by atoms with Gasteiger partial charge in [0, 0.05) is 6.07 Å². The number of rotatable bonds is 1. The molecule has 2 nitrogen and oxygen atoms in total. The number of hydrogen-bond acceptors (Lipinski definition) is 2. The average molecular weight is 145 g/mol. The van der Waals surface area contributed by atoms with Crippen LogP contribution in [0.25, 0.3) is 0 Å². The van der Waals surface area contributed by atoms with Gasteiger partial charge in [-0.25, -0.2) is 4.39 Å². The quantitative estimate of drug-likeness (QED) is 0.606. The van der Waals surface area contributed by atoms with Gasteiger partial charge in [-0.15, -0.1) is 0 Å². The third-order valence-corrected chi connectivity index (χ3v) is 0.808. The van der Waals surface area contributed by atoms with Crippen LogP contribution >= 0.6 is 0 Å². The predicted octanol–water partition coefficient (Wildman–Crippen LogP) is 2.48. The number of alkyl halides is 1. The van der Waals surface area contributed by atoms with Crippen molar-refractivity contribution in [1.82, 2.24) is 5.16 Å². The molecule has 0 saturated heterocycles. The first-order valence-corrected chi connectivity index (χ1v) is 3.31. The van der Waals surface area contributed by atoms with Crippen molar-refractivity contribution in [1.29, 1.82) is 0 Å². The van der Waals surface area contributed by atoms with Crippen LogP contribution in [0.4, 0.5) is 4.39 Å². The van der Waals surface area contributed by atoms with E-state index in [1.165, 1.54) is 0 Å². The summed E-state index contributed by atoms with van der Waals surface area (Å²) < 4.78 is 16.1. The maximum absolute atomic E-state index is 11.6. The Morgan fingerprint density at radius 1 is 1.60 bits per heavy atom. The molecular formula is C7H12FNO. The van der Waals surface area contributed by atoms with E-state index >= 15 is 0 Å². The smallest absolute Gasteiger partial charge is 0.167 e. The minimum absolute atomic E-state index is 0.294. The number of aromatic nitrogens is 1. The second kappa shape index (κ2) is 4.97. The highest BCUT2D eigenvalue weighted by molar-refractivity contribution is 5.01. The van der Waals surface area contributed by atoms with E-state index in [0.717, 1.165) is 5.69 Å². The van der Waals surface area contributed by atoms with Crippen LogP contribution in [-0.4, -0.2) is 5.16 Å².